The van der Waals surface area contributed by atoms with E-state index >= 15 is 0 Å². The molecule has 1 heterocycles. The second-order valence-electron chi connectivity index (χ2n) is 4.75. The number of anilines is 1. The van der Waals surface area contributed by atoms with Crippen molar-refractivity contribution in [1.29, 1.82) is 0 Å². The van der Waals surface area contributed by atoms with E-state index in [1.165, 1.54) is 6.07 Å². The number of hydrogen-bond acceptors (Lipinski definition) is 4. The summed E-state index contributed by atoms with van der Waals surface area (Å²) in [7, 11) is -3.52. The number of nitrogens with one attached hydrogen (secondary N) is 1. The molecular weight excluding hydrogens is 264 g/mol. The van der Waals surface area contributed by atoms with Crippen LogP contribution in [-0.4, -0.2) is 27.7 Å². The first-order chi connectivity index (χ1) is 9.03. The van der Waals surface area contributed by atoms with Gasteiger partial charge < -0.3 is 10.5 Å². The third-order valence-corrected chi connectivity index (χ3v) is 4.81. The summed E-state index contributed by atoms with van der Waals surface area (Å²) < 4.78 is 32.4. The predicted molar refractivity (Wildman–Crippen MR) is 74.4 cm³/mol. The minimum atomic E-state index is -3.52. The molecule has 5 nitrogen and oxygen atoms in total. The van der Waals surface area contributed by atoms with E-state index in [4.69, 9.17) is 10.5 Å². The summed E-state index contributed by atoms with van der Waals surface area (Å²) in [6.45, 7) is 3.12. The number of aryl methyl sites for hydroxylation is 1. The summed E-state index contributed by atoms with van der Waals surface area (Å²) >= 11 is 0. The van der Waals surface area contributed by atoms with E-state index in [0.717, 1.165) is 24.8 Å². The molecule has 0 aliphatic carbocycles. The SMILES string of the molecule is CCc1ccc(S(=O)(=O)NC2CCCOC2)cc1N. The molecule has 1 aliphatic heterocycles. The van der Waals surface area contributed by atoms with Crippen molar-refractivity contribution < 1.29 is 13.2 Å². The van der Waals surface area contributed by atoms with E-state index in [9.17, 15) is 8.42 Å². The molecule has 19 heavy (non-hydrogen) atoms. The fourth-order valence-electron chi connectivity index (χ4n) is 2.18. The van der Waals surface area contributed by atoms with Crippen LogP contribution in [0.2, 0.25) is 0 Å². The third-order valence-electron chi connectivity index (χ3n) is 3.29. The van der Waals surface area contributed by atoms with Crippen LogP contribution < -0.4 is 10.5 Å². The van der Waals surface area contributed by atoms with E-state index in [2.05, 4.69) is 4.72 Å². The summed E-state index contributed by atoms with van der Waals surface area (Å²) in [6, 6.07) is 4.73. The highest BCUT2D eigenvalue weighted by Crippen LogP contribution is 2.19. The second kappa shape index (κ2) is 5.90. The molecule has 1 saturated heterocycles. The Bertz CT molecular complexity index is 537. The van der Waals surface area contributed by atoms with Crippen LogP contribution in [0, 0.1) is 0 Å². The maximum Gasteiger partial charge on any atom is 0.240 e. The summed E-state index contributed by atoms with van der Waals surface area (Å²) in [5.74, 6) is 0. The van der Waals surface area contributed by atoms with Gasteiger partial charge in [-0.1, -0.05) is 13.0 Å². The highest BCUT2D eigenvalue weighted by atomic mass is 32.2. The minimum absolute atomic E-state index is 0.147. The number of hydrogen-bond donors (Lipinski definition) is 2. The van der Waals surface area contributed by atoms with Crippen LogP contribution in [0.4, 0.5) is 5.69 Å². The van der Waals surface area contributed by atoms with Crippen LogP contribution in [0.1, 0.15) is 25.3 Å². The van der Waals surface area contributed by atoms with Gasteiger partial charge in [-0.2, -0.15) is 0 Å². The lowest BCUT2D eigenvalue weighted by Crippen LogP contribution is -2.40. The van der Waals surface area contributed by atoms with E-state index < -0.39 is 10.0 Å². The molecule has 1 fully saturated rings. The van der Waals surface area contributed by atoms with Crippen molar-refractivity contribution in [3.05, 3.63) is 23.8 Å². The average molecular weight is 284 g/mol. The number of nitrogen functional groups attached to an aromatic ring is 1. The molecule has 6 heteroatoms. The van der Waals surface area contributed by atoms with Crippen LogP contribution in [0.3, 0.4) is 0 Å². The van der Waals surface area contributed by atoms with Crippen molar-refractivity contribution in [1.82, 2.24) is 4.72 Å². The smallest absolute Gasteiger partial charge is 0.240 e. The van der Waals surface area contributed by atoms with Gasteiger partial charge in [0, 0.05) is 18.3 Å². The fraction of sp³-hybridized carbons (Fsp3) is 0.538. The largest absolute Gasteiger partial charge is 0.398 e. The van der Waals surface area contributed by atoms with Crippen molar-refractivity contribution in [2.24, 2.45) is 0 Å². The molecule has 1 aromatic carbocycles. The molecule has 0 saturated carbocycles. The Hall–Kier alpha value is -1.11. The van der Waals surface area contributed by atoms with Crippen LogP contribution in [-0.2, 0) is 21.2 Å². The lowest BCUT2D eigenvalue weighted by atomic mass is 10.1. The van der Waals surface area contributed by atoms with Gasteiger partial charge in [0.05, 0.1) is 11.5 Å². The Labute approximate surface area is 114 Å². The van der Waals surface area contributed by atoms with Crippen molar-refractivity contribution in [3.8, 4) is 0 Å². The van der Waals surface area contributed by atoms with Crippen LogP contribution in [0.5, 0.6) is 0 Å². The standard InChI is InChI=1S/C13H20N2O3S/c1-2-10-5-6-12(8-13(10)14)19(16,17)15-11-4-3-7-18-9-11/h5-6,8,11,15H,2-4,7,9,14H2,1H3. The maximum absolute atomic E-state index is 12.2. The molecule has 0 radical (unpaired) electrons. The van der Waals surface area contributed by atoms with Crippen molar-refractivity contribution in [2.75, 3.05) is 18.9 Å². The number of nitrogens with two attached hydrogens (primary N) is 1. The zero-order valence-electron chi connectivity index (χ0n) is 11.1. The summed E-state index contributed by atoms with van der Waals surface area (Å²) in [6.07, 6.45) is 2.47. The monoisotopic (exact) mass is 284 g/mol. The van der Waals surface area contributed by atoms with Crippen molar-refractivity contribution in [3.63, 3.8) is 0 Å². The zero-order chi connectivity index (χ0) is 13.9. The summed E-state index contributed by atoms with van der Waals surface area (Å²) in [5.41, 5.74) is 7.32. The molecule has 0 amide bonds. The minimum Gasteiger partial charge on any atom is -0.398 e. The molecule has 1 aromatic rings. The Kier molecular flexibility index (Phi) is 4.44. The van der Waals surface area contributed by atoms with Gasteiger partial charge in [0.2, 0.25) is 10.0 Å². The average Bonchev–Trinajstić information content (AvgIpc) is 2.39. The molecule has 0 spiro atoms. The Morgan fingerprint density at radius 1 is 1.47 bits per heavy atom. The number of sulfonamides is 1. The second-order valence-corrected chi connectivity index (χ2v) is 6.46. The summed E-state index contributed by atoms with van der Waals surface area (Å²) in [4.78, 5) is 0.216. The molecule has 1 aliphatic rings. The Morgan fingerprint density at radius 3 is 2.84 bits per heavy atom. The van der Waals surface area contributed by atoms with Crippen LogP contribution in [0.25, 0.3) is 0 Å². The predicted octanol–water partition coefficient (Wildman–Crippen LogP) is 1.29. The first-order valence-corrected chi connectivity index (χ1v) is 7.99. The molecular formula is C13H20N2O3S. The van der Waals surface area contributed by atoms with E-state index in [0.29, 0.717) is 18.9 Å². The normalized spacial score (nSPS) is 20.4. The van der Waals surface area contributed by atoms with Gasteiger partial charge in [-0.05, 0) is 37.0 Å². The lowest BCUT2D eigenvalue weighted by molar-refractivity contribution is 0.0774. The lowest BCUT2D eigenvalue weighted by Gasteiger charge is -2.23. The van der Waals surface area contributed by atoms with Gasteiger partial charge in [-0.15, -0.1) is 0 Å². The molecule has 0 aromatic heterocycles. The number of benzene rings is 1. The first kappa shape index (κ1) is 14.3. The van der Waals surface area contributed by atoms with E-state index in [1.54, 1.807) is 12.1 Å². The highest BCUT2D eigenvalue weighted by molar-refractivity contribution is 7.89. The van der Waals surface area contributed by atoms with Gasteiger partial charge in [-0.25, -0.2) is 13.1 Å². The number of rotatable bonds is 4. The van der Waals surface area contributed by atoms with Gasteiger partial charge in [-0.3, -0.25) is 0 Å². The molecule has 0 bridgehead atoms. The zero-order valence-corrected chi connectivity index (χ0v) is 11.9. The van der Waals surface area contributed by atoms with Crippen LogP contribution >= 0.6 is 0 Å². The molecule has 2 rings (SSSR count). The van der Waals surface area contributed by atoms with E-state index in [-0.39, 0.29) is 10.9 Å². The van der Waals surface area contributed by atoms with Gasteiger partial charge in [0.25, 0.3) is 0 Å². The quantitative estimate of drug-likeness (QED) is 0.816. The highest BCUT2D eigenvalue weighted by Gasteiger charge is 2.22. The topological polar surface area (TPSA) is 81.4 Å². The van der Waals surface area contributed by atoms with E-state index in [1.807, 2.05) is 6.92 Å². The Balaban J connectivity index is 2.16. The maximum atomic E-state index is 12.2. The summed E-state index contributed by atoms with van der Waals surface area (Å²) in [5, 5.41) is 0. The molecule has 106 valence electrons. The van der Waals surface area contributed by atoms with Crippen molar-refractivity contribution in [2.45, 2.75) is 37.1 Å². The van der Waals surface area contributed by atoms with Crippen LogP contribution in [0.15, 0.2) is 23.1 Å². The van der Waals surface area contributed by atoms with Crippen molar-refractivity contribution >= 4 is 15.7 Å². The van der Waals surface area contributed by atoms with Gasteiger partial charge in [0.15, 0.2) is 0 Å². The van der Waals surface area contributed by atoms with Gasteiger partial charge >= 0.3 is 0 Å². The fourth-order valence-corrected chi connectivity index (χ4v) is 3.47. The first-order valence-electron chi connectivity index (χ1n) is 6.51. The molecule has 1 atom stereocenters. The number of ether oxygens (including phenoxy) is 1. The molecule has 1 unspecified atom stereocenters. The van der Waals surface area contributed by atoms with Gasteiger partial charge in [0.1, 0.15) is 0 Å². The Morgan fingerprint density at radius 2 is 2.26 bits per heavy atom. The molecule has 3 N–H and O–H groups in total. The third kappa shape index (κ3) is 3.46.